The molecule has 32 heavy (non-hydrogen) atoms. The van der Waals surface area contributed by atoms with Crippen molar-refractivity contribution < 1.29 is 33.2 Å². The third-order valence-corrected chi connectivity index (χ3v) is 5.95. The molecule has 2 aromatic rings. The number of ether oxygens (including phenoxy) is 1. The van der Waals surface area contributed by atoms with Crippen molar-refractivity contribution in [2.45, 2.75) is 50.7 Å². The minimum atomic E-state index is -4.77. The van der Waals surface area contributed by atoms with E-state index >= 15 is 0 Å². The van der Waals surface area contributed by atoms with Crippen molar-refractivity contribution in [1.82, 2.24) is 9.47 Å². The molecule has 10 heteroatoms. The Balaban J connectivity index is 1.86. The van der Waals surface area contributed by atoms with Gasteiger partial charge in [0.15, 0.2) is 5.69 Å². The van der Waals surface area contributed by atoms with Gasteiger partial charge in [0.2, 0.25) is 11.8 Å². The lowest BCUT2D eigenvalue weighted by molar-refractivity contribution is -0.193. The smallest absolute Gasteiger partial charge is 0.407 e. The number of nitrogens with zero attached hydrogens (tertiary/aromatic N) is 3. The number of rotatable bonds is 3. The number of β-amino-alcohol motifs (C(OH)–C–C–N with tert-alkyl or cyclic N) is 1. The Morgan fingerprint density at radius 1 is 1.09 bits per heavy atom. The van der Waals surface area contributed by atoms with Gasteiger partial charge in [0.05, 0.1) is 34.6 Å². The molecule has 2 atom stereocenters. The second-order valence-corrected chi connectivity index (χ2v) is 9.57. The fourth-order valence-electron chi connectivity index (χ4n) is 5.17. The Kier molecular flexibility index (Phi) is 4.66. The van der Waals surface area contributed by atoms with E-state index in [0.717, 1.165) is 16.7 Å². The van der Waals surface area contributed by atoms with Crippen LogP contribution in [0, 0.1) is 6.57 Å². The highest BCUT2D eigenvalue weighted by Gasteiger charge is 2.59. The van der Waals surface area contributed by atoms with Gasteiger partial charge in [-0.2, -0.15) is 13.2 Å². The summed E-state index contributed by atoms with van der Waals surface area (Å²) < 4.78 is 47.6. The van der Waals surface area contributed by atoms with Gasteiger partial charge < -0.3 is 20.1 Å². The van der Waals surface area contributed by atoms with Gasteiger partial charge in [-0.25, -0.2) is 4.85 Å². The van der Waals surface area contributed by atoms with Crippen LogP contribution < -0.4 is 0 Å². The van der Waals surface area contributed by atoms with Crippen molar-refractivity contribution in [3.8, 4) is 17.4 Å². The number of halogens is 3. The number of morpholine rings is 1. The predicted octanol–water partition coefficient (Wildman–Crippen LogP) is 4.01. The van der Waals surface area contributed by atoms with Crippen molar-refractivity contribution in [3.63, 3.8) is 0 Å². The van der Waals surface area contributed by atoms with E-state index in [1.807, 2.05) is 4.90 Å². The van der Waals surface area contributed by atoms with Crippen molar-refractivity contribution in [2.24, 2.45) is 0 Å². The highest BCUT2D eigenvalue weighted by atomic mass is 19.4. The monoisotopic (exact) mass is 451 g/mol. The Morgan fingerprint density at radius 3 is 2.06 bits per heavy atom. The SMILES string of the molecule is [C-]#[N+]c1ccc(-n2c(O)c3c(c2O)[C@]2(C)CN(CC(C)(C)O)C[C@@]3(C)O2)cc1C(F)(F)F. The van der Waals surface area contributed by atoms with Crippen LogP contribution in [0.4, 0.5) is 18.9 Å². The lowest BCUT2D eigenvalue weighted by Gasteiger charge is -2.45. The van der Waals surface area contributed by atoms with Crippen molar-refractivity contribution in [3.05, 3.63) is 46.3 Å². The molecule has 3 N–H and O–H groups in total. The summed E-state index contributed by atoms with van der Waals surface area (Å²) in [5.74, 6) is -0.838. The Morgan fingerprint density at radius 2 is 1.62 bits per heavy atom. The van der Waals surface area contributed by atoms with E-state index in [2.05, 4.69) is 4.85 Å². The van der Waals surface area contributed by atoms with E-state index in [1.54, 1.807) is 27.7 Å². The second kappa shape index (κ2) is 6.63. The predicted molar refractivity (Wildman–Crippen MR) is 109 cm³/mol. The van der Waals surface area contributed by atoms with Crippen molar-refractivity contribution in [2.75, 3.05) is 19.6 Å². The number of hydrogen-bond acceptors (Lipinski definition) is 5. The molecule has 4 rings (SSSR count). The van der Waals surface area contributed by atoms with Crippen LogP contribution in [0.25, 0.3) is 10.5 Å². The number of hydrogen-bond donors (Lipinski definition) is 3. The average molecular weight is 451 g/mol. The lowest BCUT2D eigenvalue weighted by Crippen LogP contribution is -2.54. The molecule has 0 unspecified atom stereocenters. The topological polar surface area (TPSA) is 82.5 Å². The van der Waals surface area contributed by atoms with E-state index in [9.17, 15) is 28.5 Å². The molecule has 1 fully saturated rings. The lowest BCUT2D eigenvalue weighted by atomic mass is 9.94. The summed E-state index contributed by atoms with van der Waals surface area (Å²) >= 11 is 0. The van der Waals surface area contributed by atoms with Gasteiger partial charge in [0.1, 0.15) is 11.2 Å². The maximum atomic E-state index is 13.5. The Hall–Kier alpha value is -2.74. The highest BCUT2D eigenvalue weighted by Crippen LogP contribution is 2.59. The molecule has 0 amide bonds. The third kappa shape index (κ3) is 3.32. The molecule has 2 bridgehead atoms. The van der Waals surface area contributed by atoms with Crippen LogP contribution in [0.1, 0.15) is 44.4 Å². The van der Waals surface area contributed by atoms with Crippen LogP contribution in [0.15, 0.2) is 18.2 Å². The first-order valence-corrected chi connectivity index (χ1v) is 10.0. The summed E-state index contributed by atoms with van der Waals surface area (Å²) in [4.78, 5) is 4.89. The molecule has 1 saturated heterocycles. The Bertz CT molecular complexity index is 1100. The van der Waals surface area contributed by atoms with Crippen LogP contribution in [0.3, 0.4) is 0 Å². The maximum absolute atomic E-state index is 13.5. The molecule has 0 radical (unpaired) electrons. The van der Waals surface area contributed by atoms with E-state index in [0.29, 0.717) is 30.8 Å². The molecule has 1 aromatic heterocycles. The summed E-state index contributed by atoms with van der Waals surface area (Å²) in [6.07, 6.45) is -4.77. The van der Waals surface area contributed by atoms with Gasteiger partial charge >= 0.3 is 6.18 Å². The van der Waals surface area contributed by atoms with Crippen LogP contribution in [0.2, 0.25) is 0 Å². The third-order valence-electron chi connectivity index (χ3n) is 5.95. The first-order valence-electron chi connectivity index (χ1n) is 10.0. The van der Waals surface area contributed by atoms with Crippen molar-refractivity contribution in [1.29, 1.82) is 0 Å². The second-order valence-electron chi connectivity index (χ2n) is 9.57. The number of fused-ring (bicyclic) bond motifs is 5. The van der Waals surface area contributed by atoms with Gasteiger partial charge in [-0.1, -0.05) is 6.07 Å². The van der Waals surface area contributed by atoms with Gasteiger partial charge in [-0.05, 0) is 39.8 Å². The molecule has 2 aliphatic rings. The van der Waals surface area contributed by atoms with Gasteiger partial charge in [-0.3, -0.25) is 9.47 Å². The van der Waals surface area contributed by atoms with Crippen LogP contribution >= 0.6 is 0 Å². The zero-order chi connectivity index (χ0) is 23.9. The van der Waals surface area contributed by atoms with Crippen molar-refractivity contribution >= 4 is 5.69 Å². The van der Waals surface area contributed by atoms with Crippen LogP contribution in [-0.4, -0.2) is 50.0 Å². The molecule has 1 aromatic carbocycles. The van der Waals surface area contributed by atoms with E-state index < -0.39 is 46.0 Å². The van der Waals surface area contributed by atoms with E-state index in [4.69, 9.17) is 11.3 Å². The summed E-state index contributed by atoms with van der Waals surface area (Å²) in [7, 11) is 0. The molecule has 172 valence electrons. The van der Waals surface area contributed by atoms with Gasteiger partial charge in [0, 0.05) is 19.6 Å². The van der Waals surface area contributed by atoms with Crippen LogP contribution in [0.5, 0.6) is 11.8 Å². The summed E-state index contributed by atoms with van der Waals surface area (Å²) in [5.41, 5.74) is -4.31. The minimum Gasteiger partial charge on any atom is -0.494 e. The minimum absolute atomic E-state index is 0.118. The zero-order valence-corrected chi connectivity index (χ0v) is 18.1. The molecule has 0 spiro atoms. The molecule has 2 aliphatic heterocycles. The molecule has 7 nitrogen and oxygen atoms in total. The van der Waals surface area contributed by atoms with E-state index in [-0.39, 0.29) is 5.69 Å². The Labute approximate surface area is 183 Å². The number of aromatic hydroxyl groups is 2. The molecular weight excluding hydrogens is 427 g/mol. The summed E-state index contributed by atoms with van der Waals surface area (Å²) in [6.45, 7) is 14.8. The number of benzene rings is 1. The average Bonchev–Trinajstić information content (AvgIpc) is 2.99. The molecular formula is C22H24F3N3O4. The highest BCUT2D eigenvalue weighted by molar-refractivity contribution is 5.63. The van der Waals surface area contributed by atoms with E-state index in [1.165, 1.54) is 6.07 Å². The normalized spacial score (nSPS) is 25.6. The molecule has 3 heterocycles. The first-order chi connectivity index (χ1) is 14.6. The fourth-order valence-corrected chi connectivity index (χ4v) is 5.17. The fraction of sp³-hybridized carbons (Fsp3) is 0.500. The zero-order valence-electron chi connectivity index (χ0n) is 18.1. The number of aliphatic hydroxyl groups is 1. The molecule has 0 saturated carbocycles. The van der Waals surface area contributed by atoms with Crippen LogP contribution in [-0.2, 0) is 22.1 Å². The number of aromatic nitrogens is 1. The molecule has 0 aliphatic carbocycles. The maximum Gasteiger partial charge on any atom is 0.407 e. The first kappa shape index (κ1) is 22.5. The van der Waals surface area contributed by atoms with Gasteiger partial charge in [-0.15, -0.1) is 0 Å². The summed E-state index contributed by atoms with van der Waals surface area (Å²) in [6, 6.07) is 3.00. The van der Waals surface area contributed by atoms with Gasteiger partial charge in [0.25, 0.3) is 0 Å². The number of alkyl halides is 3. The summed E-state index contributed by atoms with van der Waals surface area (Å²) in [5, 5.41) is 32.4. The standard InChI is InChI=1S/C22H24F3N3O4/c1-19(2,31)9-27-10-20(3)15-16(21(4,11-27)32-20)18(30)28(17(15)29)12-6-7-14(26-5)13(8-12)22(23,24)25/h6-8,29-31H,9-11H2,1-4H3/t20-,21+. The largest absolute Gasteiger partial charge is 0.494 e. The quantitative estimate of drug-likeness (QED) is 0.615.